The van der Waals surface area contributed by atoms with Crippen molar-refractivity contribution in [3.63, 3.8) is 0 Å². The van der Waals surface area contributed by atoms with Crippen LogP contribution in [0.4, 0.5) is 0 Å². The topological polar surface area (TPSA) is 60.4 Å². The Morgan fingerprint density at radius 3 is 2.44 bits per heavy atom. The summed E-state index contributed by atoms with van der Waals surface area (Å²) in [4.78, 5) is 11.3. The molecule has 0 spiro atoms. The molecular formula is C13H18O4S. The van der Waals surface area contributed by atoms with Crippen molar-refractivity contribution in [3.05, 3.63) is 35.4 Å². The van der Waals surface area contributed by atoms with Gasteiger partial charge in [-0.05, 0) is 31.9 Å². The molecule has 0 bridgehead atoms. The molecule has 0 heterocycles. The first kappa shape index (κ1) is 14.7. The van der Waals surface area contributed by atoms with Gasteiger partial charge in [-0.25, -0.2) is 8.42 Å². The molecule has 0 N–H and O–H groups in total. The van der Waals surface area contributed by atoms with E-state index in [2.05, 4.69) is 0 Å². The van der Waals surface area contributed by atoms with Crippen LogP contribution >= 0.6 is 0 Å². The van der Waals surface area contributed by atoms with Crippen LogP contribution in [-0.2, 0) is 25.1 Å². The fourth-order valence-corrected chi connectivity index (χ4v) is 2.86. The zero-order valence-electron chi connectivity index (χ0n) is 10.8. The summed E-state index contributed by atoms with van der Waals surface area (Å²) in [5.74, 6) is -1.40. The lowest BCUT2D eigenvalue weighted by Crippen LogP contribution is -2.22. The number of rotatable bonds is 5. The number of sulfone groups is 1. The summed E-state index contributed by atoms with van der Waals surface area (Å²) in [6.45, 7) is 5.22. The number of hydrogen-bond acceptors (Lipinski definition) is 4. The van der Waals surface area contributed by atoms with Crippen LogP contribution in [0.5, 0.6) is 0 Å². The number of aryl methyl sites for hydroxylation is 1. The van der Waals surface area contributed by atoms with Crippen molar-refractivity contribution in [1.82, 2.24) is 0 Å². The second kappa shape index (κ2) is 6.00. The van der Waals surface area contributed by atoms with Crippen LogP contribution in [-0.4, -0.2) is 26.2 Å². The summed E-state index contributed by atoms with van der Waals surface area (Å²) in [5.41, 5.74) is 1.62. The Morgan fingerprint density at radius 1 is 1.28 bits per heavy atom. The number of esters is 1. The average molecular weight is 270 g/mol. The molecule has 0 aliphatic carbocycles. The van der Waals surface area contributed by atoms with Gasteiger partial charge in [0.05, 0.1) is 11.9 Å². The van der Waals surface area contributed by atoms with E-state index in [-0.39, 0.29) is 11.9 Å². The Bertz CT molecular complexity index is 518. The van der Waals surface area contributed by atoms with Crippen LogP contribution in [0.15, 0.2) is 24.3 Å². The summed E-state index contributed by atoms with van der Waals surface area (Å²) in [5, 5.41) is 0. The number of ether oxygens (including phenoxy) is 1. The Kier molecular flexibility index (Phi) is 4.90. The number of carbonyl (C=O) groups excluding carboxylic acids is 1. The minimum absolute atomic E-state index is 0.132. The molecule has 0 saturated heterocycles. The Labute approximate surface area is 108 Å². The monoisotopic (exact) mass is 270 g/mol. The van der Waals surface area contributed by atoms with E-state index >= 15 is 0 Å². The van der Waals surface area contributed by atoms with Gasteiger partial charge in [-0.15, -0.1) is 0 Å². The quantitative estimate of drug-likeness (QED) is 0.766. The number of hydrogen-bond donors (Lipinski definition) is 0. The maximum atomic E-state index is 11.8. The van der Waals surface area contributed by atoms with Gasteiger partial charge in [0.15, 0.2) is 9.84 Å². The highest BCUT2D eigenvalue weighted by Crippen LogP contribution is 2.12. The molecule has 18 heavy (non-hydrogen) atoms. The van der Waals surface area contributed by atoms with Gasteiger partial charge in [0.25, 0.3) is 0 Å². The van der Waals surface area contributed by atoms with Gasteiger partial charge in [0.1, 0.15) is 5.75 Å². The van der Waals surface area contributed by atoms with Gasteiger partial charge in [0.2, 0.25) is 0 Å². The van der Waals surface area contributed by atoms with E-state index in [0.717, 1.165) is 11.1 Å². The van der Waals surface area contributed by atoms with Crippen molar-refractivity contribution in [2.75, 3.05) is 5.75 Å². The van der Waals surface area contributed by atoms with E-state index < -0.39 is 21.6 Å². The lowest BCUT2D eigenvalue weighted by atomic mass is 10.1. The molecule has 0 atom stereocenters. The molecule has 0 saturated carbocycles. The van der Waals surface area contributed by atoms with E-state index in [0.29, 0.717) is 0 Å². The van der Waals surface area contributed by atoms with Crippen molar-refractivity contribution in [2.24, 2.45) is 0 Å². The van der Waals surface area contributed by atoms with Crippen LogP contribution in [0.2, 0.25) is 0 Å². The fourth-order valence-electron chi connectivity index (χ4n) is 1.54. The van der Waals surface area contributed by atoms with Crippen LogP contribution < -0.4 is 0 Å². The summed E-state index contributed by atoms with van der Waals surface area (Å²) in [7, 11) is -3.48. The van der Waals surface area contributed by atoms with E-state index in [9.17, 15) is 13.2 Å². The number of carbonyl (C=O) groups is 1. The van der Waals surface area contributed by atoms with Crippen molar-refractivity contribution in [2.45, 2.75) is 32.6 Å². The van der Waals surface area contributed by atoms with Gasteiger partial charge < -0.3 is 4.74 Å². The summed E-state index contributed by atoms with van der Waals surface area (Å²) < 4.78 is 28.5. The SMILES string of the molecule is Cc1ccccc1CS(=O)(=O)CC(=O)OC(C)C. The molecule has 0 aliphatic rings. The summed E-state index contributed by atoms with van der Waals surface area (Å²) in [6.07, 6.45) is -0.300. The molecule has 0 aromatic heterocycles. The molecule has 1 rings (SSSR count). The third-order valence-corrected chi connectivity index (χ3v) is 3.77. The highest BCUT2D eigenvalue weighted by atomic mass is 32.2. The highest BCUT2D eigenvalue weighted by Gasteiger charge is 2.19. The first-order valence-electron chi connectivity index (χ1n) is 5.74. The smallest absolute Gasteiger partial charge is 0.321 e. The van der Waals surface area contributed by atoms with E-state index in [1.165, 1.54) is 0 Å². The van der Waals surface area contributed by atoms with Gasteiger partial charge >= 0.3 is 5.97 Å². The van der Waals surface area contributed by atoms with Crippen molar-refractivity contribution < 1.29 is 17.9 Å². The molecule has 1 aromatic carbocycles. The van der Waals surface area contributed by atoms with Gasteiger partial charge in [-0.2, -0.15) is 0 Å². The Hall–Kier alpha value is -1.36. The molecule has 0 radical (unpaired) electrons. The maximum absolute atomic E-state index is 11.8. The second-order valence-electron chi connectivity index (χ2n) is 4.50. The molecule has 0 aliphatic heterocycles. The van der Waals surface area contributed by atoms with Gasteiger partial charge in [0, 0.05) is 0 Å². The molecule has 100 valence electrons. The molecule has 0 amide bonds. The molecule has 5 heteroatoms. The molecule has 0 fully saturated rings. The third-order valence-electron chi connectivity index (χ3n) is 2.34. The van der Waals surface area contributed by atoms with E-state index in [4.69, 9.17) is 4.74 Å². The van der Waals surface area contributed by atoms with Crippen molar-refractivity contribution >= 4 is 15.8 Å². The third kappa shape index (κ3) is 4.87. The maximum Gasteiger partial charge on any atom is 0.321 e. The first-order chi connectivity index (χ1) is 8.30. The highest BCUT2D eigenvalue weighted by molar-refractivity contribution is 7.91. The summed E-state index contributed by atoms with van der Waals surface area (Å²) >= 11 is 0. The Balaban J connectivity index is 2.72. The van der Waals surface area contributed by atoms with Crippen LogP contribution in [0.3, 0.4) is 0 Å². The minimum Gasteiger partial charge on any atom is -0.462 e. The van der Waals surface area contributed by atoms with Crippen LogP contribution in [0.25, 0.3) is 0 Å². The fraction of sp³-hybridized carbons (Fsp3) is 0.462. The summed E-state index contributed by atoms with van der Waals surface area (Å²) in [6, 6.07) is 7.22. The molecule has 4 nitrogen and oxygen atoms in total. The Morgan fingerprint density at radius 2 is 1.89 bits per heavy atom. The standard InChI is InChI=1S/C13H18O4S/c1-10(2)17-13(14)9-18(15,16)8-12-7-5-4-6-11(12)3/h4-7,10H,8-9H2,1-3H3. The molecule has 0 unspecified atom stereocenters. The van der Waals surface area contributed by atoms with E-state index in [1.807, 2.05) is 19.1 Å². The predicted molar refractivity (Wildman–Crippen MR) is 69.9 cm³/mol. The van der Waals surface area contributed by atoms with Crippen molar-refractivity contribution in [3.8, 4) is 0 Å². The van der Waals surface area contributed by atoms with Gasteiger partial charge in [-0.1, -0.05) is 24.3 Å². The lowest BCUT2D eigenvalue weighted by Gasteiger charge is -2.09. The largest absolute Gasteiger partial charge is 0.462 e. The van der Waals surface area contributed by atoms with Crippen molar-refractivity contribution in [1.29, 1.82) is 0 Å². The lowest BCUT2D eigenvalue weighted by molar-refractivity contribution is -0.144. The normalized spacial score (nSPS) is 11.6. The first-order valence-corrected chi connectivity index (χ1v) is 7.57. The van der Waals surface area contributed by atoms with Gasteiger partial charge in [-0.3, -0.25) is 4.79 Å². The van der Waals surface area contributed by atoms with Crippen LogP contribution in [0, 0.1) is 6.92 Å². The predicted octanol–water partition coefficient (Wildman–Crippen LogP) is 1.86. The molecular weight excluding hydrogens is 252 g/mol. The van der Waals surface area contributed by atoms with E-state index in [1.54, 1.807) is 26.0 Å². The molecule has 1 aromatic rings. The average Bonchev–Trinajstić information content (AvgIpc) is 2.18. The second-order valence-corrected chi connectivity index (χ2v) is 6.56. The minimum atomic E-state index is -3.48. The van der Waals surface area contributed by atoms with Crippen LogP contribution in [0.1, 0.15) is 25.0 Å². The number of benzene rings is 1. The zero-order chi connectivity index (χ0) is 13.8. The zero-order valence-corrected chi connectivity index (χ0v) is 11.7.